The maximum Gasteiger partial charge on any atom is 0.411 e. The number of nitrogens with two attached hydrogens (primary N) is 1. The molecule has 10 nitrogen and oxygen atoms in total. The number of H-pyrrole nitrogens is 1. The molecule has 0 bridgehead atoms. The van der Waals surface area contributed by atoms with Crippen LogP contribution in [0.1, 0.15) is 19.4 Å². The standard InChI is InChI=1S/C22H29N5O5S/c1-14(2)12-27(13-20(28)17(23)10-15-6-4-3-5-7-15)33(31,32)16-8-9-18-19(11-16)25-21(24-18)26-22(29)30/h3-9,11,14,17,20,28H,10,12-13,23H2,1-2H3,(H,29,30)(H2,24,25,26)/t17-,20+/m0/s1. The molecule has 1 aromatic heterocycles. The predicted octanol–water partition coefficient (Wildman–Crippen LogP) is 2.23. The molecule has 0 saturated carbocycles. The molecule has 3 aromatic rings. The van der Waals surface area contributed by atoms with Crippen LogP contribution in [0.2, 0.25) is 0 Å². The fourth-order valence-electron chi connectivity index (χ4n) is 3.50. The lowest BCUT2D eigenvalue weighted by molar-refractivity contribution is 0.116. The van der Waals surface area contributed by atoms with Gasteiger partial charge in [0.05, 0.1) is 22.0 Å². The highest BCUT2D eigenvalue weighted by atomic mass is 32.2. The van der Waals surface area contributed by atoms with E-state index in [1.807, 2.05) is 44.2 Å². The van der Waals surface area contributed by atoms with Crippen molar-refractivity contribution in [3.05, 3.63) is 54.1 Å². The quantitative estimate of drug-likeness (QED) is 0.300. The average molecular weight is 476 g/mol. The van der Waals surface area contributed by atoms with Crippen LogP contribution in [-0.4, -0.2) is 64.2 Å². The van der Waals surface area contributed by atoms with Gasteiger partial charge >= 0.3 is 6.09 Å². The molecule has 0 spiro atoms. The Bertz CT molecular complexity index is 1200. The summed E-state index contributed by atoms with van der Waals surface area (Å²) in [5, 5.41) is 21.7. The maximum atomic E-state index is 13.4. The van der Waals surface area contributed by atoms with Crippen molar-refractivity contribution in [1.82, 2.24) is 14.3 Å². The first kappa shape index (κ1) is 24.6. The number of anilines is 1. The lowest BCUT2D eigenvalue weighted by atomic mass is 10.0. The van der Waals surface area contributed by atoms with Gasteiger partial charge in [0, 0.05) is 19.1 Å². The highest BCUT2D eigenvalue weighted by Crippen LogP contribution is 2.23. The molecule has 0 radical (unpaired) electrons. The van der Waals surface area contributed by atoms with Gasteiger partial charge in [-0.25, -0.2) is 18.2 Å². The van der Waals surface area contributed by atoms with Crippen LogP contribution < -0.4 is 11.1 Å². The van der Waals surface area contributed by atoms with Gasteiger partial charge in [0.1, 0.15) is 0 Å². The monoisotopic (exact) mass is 475 g/mol. The lowest BCUT2D eigenvalue weighted by Gasteiger charge is -2.28. The molecule has 0 aliphatic heterocycles. The van der Waals surface area contributed by atoms with Crippen LogP contribution in [0.15, 0.2) is 53.4 Å². The number of amides is 1. The van der Waals surface area contributed by atoms with Crippen LogP contribution >= 0.6 is 0 Å². The number of aromatic nitrogens is 2. The van der Waals surface area contributed by atoms with Gasteiger partial charge in [0.25, 0.3) is 0 Å². The minimum absolute atomic E-state index is 0.00612. The number of hydrogen-bond donors (Lipinski definition) is 5. The lowest BCUT2D eigenvalue weighted by Crippen LogP contribution is -2.47. The fraction of sp³-hybridized carbons (Fsp3) is 0.364. The Morgan fingerprint density at radius 3 is 2.52 bits per heavy atom. The minimum atomic E-state index is -3.98. The molecule has 178 valence electrons. The van der Waals surface area contributed by atoms with Gasteiger partial charge in [-0.3, -0.25) is 5.32 Å². The molecule has 3 rings (SSSR count). The maximum absolute atomic E-state index is 13.4. The number of benzene rings is 2. The second-order valence-corrected chi connectivity index (χ2v) is 10.3. The number of aromatic amines is 1. The summed E-state index contributed by atoms with van der Waals surface area (Å²) in [4.78, 5) is 17.7. The normalized spacial score (nSPS) is 14.0. The Morgan fingerprint density at radius 1 is 1.18 bits per heavy atom. The molecule has 1 heterocycles. The number of aliphatic hydroxyl groups is 1. The van der Waals surface area contributed by atoms with Crippen LogP contribution in [-0.2, 0) is 16.4 Å². The number of carbonyl (C=O) groups is 1. The van der Waals surface area contributed by atoms with E-state index in [0.717, 1.165) is 5.56 Å². The molecule has 6 N–H and O–H groups in total. The third-order valence-corrected chi connectivity index (χ3v) is 6.91. The number of nitrogens with one attached hydrogen (secondary N) is 2. The van der Waals surface area contributed by atoms with E-state index in [0.29, 0.717) is 17.5 Å². The first-order chi connectivity index (χ1) is 15.6. The second-order valence-electron chi connectivity index (χ2n) is 8.33. The summed E-state index contributed by atoms with van der Waals surface area (Å²) in [6, 6.07) is 13.1. The second kappa shape index (κ2) is 10.3. The summed E-state index contributed by atoms with van der Waals surface area (Å²) in [7, 11) is -3.98. The van der Waals surface area contributed by atoms with E-state index in [1.54, 1.807) is 0 Å². The SMILES string of the molecule is CC(C)CN(C[C@@H](O)[C@@H](N)Cc1ccccc1)S(=O)(=O)c1ccc2[nH]c(NC(=O)O)nc2c1. The van der Waals surface area contributed by atoms with E-state index in [9.17, 15) is 18.3 Å². The van der Waals surface area contributed by atoms with Crippen molar-refractivity contribution in [1.29, 1.82) is 0 Å². The summed E-state index contributed by atoms with van der Waals surface area (Å²) in [6.45, 7) is 3.82. The molecule has 0 aliphatic rings. The smallest absolute Gasteiger partial charge is 0.411 e. The molecule has 2 atom stereocenters. The van der Waals surface area contributed by atoms with Gasteiger partial charge in [-0.15, -0.1) is 0 Å². The summed E-state index contributed by atoms with van der Waals surface area (Å²) in [6.07, 6.45) is -1.94. The first-order valence-electron chi connectivity index (χ1n) is 10.5. The number of sulfonamides is 1. The van der Waals surface area contributed by atoms with Gasteiger partial charge in [0.15, 0.2) is 0 Å². The van der Waals surface area contributed by atoms with E-state index in [4.69, 9.17) is 10.8 Å². The van der Waals surface area contributed by atoms with Crippen LogP contribution in [0.25, 0.3) is 11.0 Å². The summed E-state index contributed by atoms with van der Waals surface area (Å²) < 4.78 is 28.1. The number of aliphatic hydroxyl groups excluding tert-OH is 1. The fourth-order valence-corrected chi connectivity index (χ4v) is 5.14. The third kappa shape index (κ3) is 6.29. The van der Waals surface area contributed by atoms with Crippen LogP contribution in [0.4, 0.5) is 10.7 Å². The molecule has 1 amide bonds. The van der Waals surface area contributed by atoms with Gasteiger partial charge in [-0.05, 0) is 36.1 Å². The number of rotatable bonds is 10. The van der Waals surface area contributed by atoms with Crippen LogP contribution in [0.5, 0.6) is 0 Å². The average Bonchev–Trinajstić information content (AvgIpc) is 3.14. The van der Waals surface area contributed by atoms with Crippen molar-refractivity contribution < 1.29 is 23.4 Å². The van der Waals surface area contributed by atoms with Gasteiger partial charge in [0.2, 0.25) is 16.0 Å². The Kier molecular flexibility index (Phi) is 7.69. The third-order valence-electron chi connectivity index (χ3n) is 5.09. The topological polar surface area (TPSA) is 162 Å². The Labute approximate surface area is 192 Å². The number of hydrogen-bond acceptors (Lipinski definition) is 6. The molecular formula is C22H29N5O5S. The van der Waals surface area contributed by atoms with Gasteiger partial charge < -0.3 is 20.9 Å². The highest BCUT2D eigenvalue weighted by molar-refractivity contribution is 7.89. The van der Waals surface area contributed by atoms with Crippen molar-refractivity contribution in [3.8, 4) is 0 Å². The highest BCUT2D eigenvalue weighted by Gasteiger charge is 2.30. The zero-order valence-electron chi connectivity index (χ0n) is 18.5. The minimum Gasteiger partial charge on any atom is -0.465 e. The van der Waals surface area contributed by atoms with Crippen molar-refractivity contribution in [2.75, 3.05) is 18.4 Å². The summed E-state index contributed by atoms with van der Waals surface area (Å²) >= 11 is 0. The Balaban J connectivity index is 1.83. The molecule has 0 aliphatic carbocycles. The summed E-state index contributed by atoms with van der Waals surface area (Å²) in [5.41, 5.74) is 7.92. The van der Waals surface area contributed by atoms with E-state index < -0.39 is 28.3 Å². The van der Waals surface area contributed by atoms with Crippen LogP contribution in [0, 0.1) is 5.92 Å². The zero-order valence-corrected chi connectivity index (χ0v) is 19.3. The number of imidazole rings is 1. The summed E-state index contributed by atoms with van der Waals surface area (Å²) in [5.74, 6) is 0.00574. The number of nitrogens with zero attached hydrogens (tertiary/aromatic N) is 2. The molecule has 11 heteroatoms. The largest absolute Gasteiger partial charge is 0.465 e. The van der Waals surface area contributed by atoms with E-state index >= 15 is 0 Å². The van der Waals surface area contributed by atoms with E-state index in [-0.39, 0.29) is 29.9 Å². The van der Waals surface area contributed by atoms with Gasteiger partial charge in [-0.2, -0.15) is 4.31 Å². The van der Waals surface area contributed by atoms with E-state index in [2.05, 4.69) is 15.3 Å². The Hall–Kier alpha value is -2.99. The molecule has 0 saturated heterocycles. The molecule has 0 unspecified atom stereocenters. The van der Waals surface area contributed by atoms with Crippen molar-refractivity contribution in [2.24, 2.45) is 11.7 Å². The molecule has 2 aromatic carbocycles. The van der Waals surface area contributed by atoms with E-state index in [1.165, 1.54) is 22.5 Å². The number of carboxylic acid groups (broad SMARTS) is 1. The molecular weight excluding hydrogens is 446 g/mol. The zero-order chi connectivity index (χ0) is 24.2. The van der Waals surface area contributed by atoms with Crippen LogP contribution in [0.3, 0.4) is 0 Å². The Morgan fingerprint density at radius 2 is 1.88 bits per heavy atom. The van der Waals surface area contributed by atoms with Crippen molar-refractivity contribution in [2.45, 2.75) is 37.3 Å². The molecule has 0 fully saturated rings. The number of fused-ring (bicyclic) bond motifs is 1. The van der Waals surface area contributed by atoms with Crippen molar-refractivity contribution >= 4 is 33.1 Å². The molecule has 33 heavy (non-hydrogen) atoms. The first-order valence-corrected chi connectivity index (χ1v) is 12.0. The predicted molar refractivity (Wildman–Crippen MR) is 125 cm³/mol. The van der Waals surface area contributed by atoms with Gasteiger partial charge in [-0.1, -0.05) is 44.2 Å². The van der Waals surface area contributed by atoms with Crippen molar-refractivity contribution in [3.63, 3.8) is 0 Å².